The molecule has 3 unspecified atom stereocenters. The first-order chi connectivity index (χ1) is 9.77. The molecule has 4 heteroatoms. The van der Waals surface area contributed by atoms with Gasteiger partial charge >= 0.3 is 0 Å². The van der Waals surface area contributed by atoms with Gasteiger partial charge in [0.15, 0.2) is 5.78 Å². The molecule has 0 aromatic carbocycles. The van der Waals surface area contributed by atoms with Gasteiger partial charge in [0.2, 0.25) is 5.91 Å². The van der Waals surface area contributed by atoms with Crippen molar-refractivity contribution < 1.29 is 9.59 Å². The van der Waals surface area contributed by atoms with Gasteiger partial charge in [-0.3, -0.25) is 9.59 Å². The predicted octanol–water partition coefficient (Wildman–Crippen LogP) is 3.59. The standard InChI is InChI=1S/C17H26BrNO2/c1-15(2)16(3)9-10-17(15,12(18)13(16)20)14(21)19-11-7-5-4-6-8-11/h11-12H,4-10H2,1-3H3,(H,19,21). The number of hydrogen-bond acceptors (Lipinski definition) is 2. The number of alkyl halides is 1. The molecule has 3 fully saturated rings. The van der Waals surface area contributed by atoms with Crippen molar-refractivity contribution in [2.45, 2.75) is 76.6 Å². The SMILES string of the molecule is CC12CCC(C(=O)NC3CCCCC3)(C(Br)C1=O)C2(C)C. The van der Waals surface area contributed by atoms with Gasteiger partial charge in [0.1, 0.15) is 0 Å². The molecule has 3 rings (SSSR count). The summed E-state index contributed by atoms with van der Waals surface area (Å²) in [5, 5.41) is 3.28. The van der Waals surface area contributed by atoms with Crippen molar-refractivity contribution in [2.75, 3.05) is 0 Å². The van der Waals surface area contributed by atoms with Crippen LogP contribution in [-0.2, 0) is 9.59 Å². The molecule has 0 aliphatic heterocycles. The molecule has 2 bridgehead atoms. The van der Waals surface area contributed by atoms with Crippen LogP contribution in [0.1, 0.15) is 65.7 Å². The summed E-state index contributed by atoms with van der Waals surface area (Å²) in [5.74, 6) is 0.327. The zero-order chi connectivity index (χ0) is 15.5. The van der Waals surface area contributed by atoms with Crippen molar-refractivity contribution in [3.8, 4) is 0 Å². The van der Waals surface area contributed by atoms with Crippen LogP contribution in [0.25, 0.3) is 0 Å². The fourth-order valence-electron chi connectivity index (χ4n) is 5.02. The highest BCUT2D eigenvalue weighted by molar-refractivity contribution is 9.10. The van der Waals surface area contributed by atoms with Gasteiger partial charge in [-0.05, 0) is 31.1 Å². The summed E-state index contributed by atoms with van der Waals surface area (Å²) in [5.41, 5.74) is -1.23. The van der Waals surface area contributed by atoms with Gasteiger partial charge < -0.3 is 5.32 Å². The molecular formula is C17H26BrNO2. The Kier molecular flexibility index (Phi) is 3.55. The van der Waals surface area contributed by atoms with E-state index in [0.717, 1.165) is 25.7 Å². The van der Waals surface area contributed by atoms with Crippen LogP contribution in [0.2, 0.25) is 0 Å². The van der Waals surface area contributed by atoms with E-state index in [2.05, 4.69) is 35.1 Å². The number of halogens is 1. The fraction of sp³-hybridized carbons (Fsp3) is 0.882. The molecule has 118 valence electrons. The third kappa shape index (κ3) is 1.77. The van der Waals surface area contributed by atoms with Crippen molar-refractivity contribution >= 4 is 27.6 Å². The maximum atomic E-state index is 13.1. The number of rotatable bonds is 2. The van der Waals surface area contributed by atoms with Crippen LogP contribution in [0, 0.1) is 16.2 Å². The van der Waals surface area contributed by atoms with E-state index in [-0.39, 0.29) is 27.3 Å². The average molecular weight is 356 g/mol. The topological polar surface area (TPSA) is 46.2 Å². The van der Waals surface area contributed by atoms with Crippen LogP contribution < -0.4 is 5.32 Å². The van der Waals surface area contributed by atoms with Crippen molar-refractivity contribution in [1.82, 2.24) is 5.32 Å². The Morgan fingerprint density at radius 1 is 1.14 bits per heavy atom. The molecule has 3 nitrogen and oxygen atoms in total. The Hall–Kier alpha value is -0.380. The molecule has 3 aliphatic carbocycles. The Morgan fingerprint density at radius 3 is 2.29 bits per heavy atom. The van der Waals surface area contributed by atoms with Crippen molar-refractivity contribution in [3.05, 3.63) is 0 Å². The lowest BCUT2D eigenvalue weighted by Gasteiger charge is -2.40. The Morgan fingerprint density at radius 2 is 1.76 bits per heavy atom. The molecule has 0 radical (unpaired) electrons. The third-order valence-corrected chi connectivity index (χ3v) is 8.26. The largest absolute Gasteiger partial charge is 0.353 e. The predicted molar refractivity (Wildman–Crippen MR) is 86.3 cm³/mol. The lowest BCUT2D eigenvalue weighted by Crippen LogP contribution is -2.53. The molecule has 0 aromatic heterocycles. The third-order valence-electron chi connectivity index (χ3n) is 7.07. The average Bonchev–Trinajstić information content (AvgIpc) is 2.72. The van der Waals surface area contributed by atoms with Crippen molar-refractivity contribution in [1.29, 1.82) is 0 Å². The summed E-state index contributed by atoms with van der Waals surface area (Å²) < 4.78 is 0. The molecule has 3 atom stereocenters. The van der Waals surface area contributed by atoms with Crippen molar-refractivity contribution in [2.24, 2.45) is 16.2 Å². The van der Waals surface area contributed by atoms with Gasteiger partial charge in [0.25, 0.3) is 0 Å². The number of carbonyl (C=O) groups excluding carboxylic acids is 2. The zero-order valence-electron chi connectivity index (χ0n) is 13.3. The summed E-state index contributed by atoms with van der Waals surface area (Å²) in [6.07, 6.45) is 7.50. The maximum Gasteiger partial charge on any atom is 0.228 e. The zero-order valence-corrected chi connectivity index (χ0v) is 14.9. The lowest BCUT2D eigenvalue weighted by molar-refractivity contribution is -0.136. The molecule has 1 N–H and O–H groups in total. The number of amides is 1. The van der Waals surface area contributed by atoms with E-state index < -0.39 is 5.41 Å². The van der Waals surface area contributed by atoms with Crippen LogP contribution in [0.3, 0.4) is 0 Å². The van der Waals surface area contributed by atoms with Crippen LogP contribution in [0.5, 0.6) is 0 Å². The number of ketones is 1. The highest BCUT2D eigenvalue weighted by Gasteiger charge is 2.76. The summed E-state index contributed by atoms with van der Waals surface area (Å²) in [6.45, 7) is 6.27. The monoisotopic (exact) mass is 355 g/mol. The smallest absolute Gasteiger partial charge is 0.228 e. The van der Waals surface area contributed by atoms with Gasteiger partial charge in [-0.2, -0.15) is 0 Å². The van der Waals surface area contributed by atoms with Gasteiger partial charge in [0.05, 0.1) is 10.2 Å². The number of carbonyl (C=O) groups is 2. The maximum absolute atomic E-state index is 13.1. The minimum absolute atomic E-state index is 0.107. The Bertz CT molecular complexity index is 483. The summed E-state index contributed by atoms with van der Waals surface area (Å²) in [7, 11) is 0. The molecular weight excluding hydrogens is 330 g/mol. The molecule has 1 amide bonds. The number of Topliss-reactive ketones (excluding diaryl/α,β-unsaturated/α-hetero) is 1. The normalized spacial score (nSPS) is 42.3. The van der Waals surface area contributed by atoms with E-state index in [1.54, 1.807) is 0 Å². The van der Waals surface area contributed by atoms with Gasteiger partial charge in [0, 0.05) is 11.5 Å². The molecule has 3 aliphatic rings. The molecule has 0 heterocycles. The number of hydrogen-bond donors (Lipinski definition) is 1. The summed E-state index contributed by atoms with van der Waals surface area (Å²) >= 11 is 3.58. The minimum Gasteiger partial charge on any atom is -0.353 e. The van der Waals surface area contributed by atoms with Crippen LogP contribution in [0.15, 0.2) is 0 Å². The van der Waals surface area contributed by atoms with Gasteiger partial charge in [-0.25, -0.2) is 0 Å². The Labute approximate surface area is 135 Å². The van der Waals surface area contributed by atoms with E-state index >= 15 is 0 Å². The Balaban J connectivity index is 1.89. The molecule has 21 heavy (non-hydrogen) atoms. The second-order valence-corrected chi connectivity index (χ2v) is 8.88. The van der Waals surface area contributed by atoms with E-state index in [0.29, 0.717) is 6.04 Å². The highest BCUT2D eigenvalue weighted by atomic mass is 79.9. The molecule has 0 aromatic rings. The second kappa shape index (κ2) is 4.81. The minimum atomic E-state index is -0.573. The van der Waals surface area contributed by atoms with E-state index in [4.69, 9.17) is 0 Å². The number of nitrogens with one attached hydrogen (secondary N) is 1. The second-order valence-electron chi connectivity index (χ2n) is 7.96. The highest BCUT2D eigenvalue weighted by Crippen LogP contribution is 2.72. The first-order valence-corrected chi connectivity index (χ1v) is 9.18. The van der Waals surface area contributed by atoms with Gasteiger partial charge in [-0.1, -0.05) is 56.0 Å². The van der Waals surface area contributed by atoms with E-state index in [1.807, 2.05) is 6.92 Å². The fourth-order valence-corrected chi connectivity index (χ4v) is 6.53. The van der Waals surface area contributed by atoms with E-state index in [9.17, 15) is 9.59 Å². The van der Waals surface area contributed by atoms with Crippen molar-refractivity contribution in [3.63, 3.8) is 0 Å². The van der Waals surface area contributed by atoms with Gasteiger partial charge in [-0.15, -0.1) is 0 Å². The van der Waals surface area contributed by atoms with E-state index in [1.165, 1.54) is 19.3 Å². The first-order valence-electron chi connectivity index (χ1n) is 8.27. The summed E-state index contributed by atoms with van der Waals surface area (Å²) in [4.78, 5) is 25.5. The first kappa shape index (κ1) is 15.5. The van der Waals surface area contributed by atoms with Crippen LogP contribution in [0.4, 0.5) is 0 Å². The molecule has 3 saturated carbocycles. The van der Waals surface area contributed by atoms with Crippen LogP contribution >= 0.6 is 15.9 Å². The van der Waals surface area contributed by atoms with Crippen LogP contribution in [-0.4, -0.2) is 22.6 Å². The molecule has 0 spiro atoms. The number of fused-ring (bicyclic) bond motifs is 2. The summed E-state index contributed by atoms with van der Waals surface area (Å²) in [6, 6.07) is 0.304. The lowest BCUT2D eigenvalue weighted by atomic mass is 9.64. The molecule has 0 saturated heterocycles. The quantitative estimate of drug-likeness (QED) is 0.769.